The van der Waals surface area contributed by atoms with E-state index in [1.165, 1.54) is 24.3 Å². The van der Waals surface area contributed by atoms with Gasteiger partial charge in [-0.3, -0.25) is 0 Å². The van der Waals surface area contributed by atoms with Crippen LogP contribution in [0.2, 0.25) is 0 Å². The van der Waals surface area contributed by atoms with Crippen molar-refractivity contribution in [2.24, 2.45) is 0 Å². The van der Waals surface area contributed by atoms with Crippen LogP contribution in [0.3, 0.4) is 0 Å². The number of benzene rings is 1. The van der Waals surface area contributed by atoms with Gasteiger partial charge >= 0.3 is 5.82 Å². The fraction of sp³-hybridized carbons (Fsp3) is 0. The molecule has 0 aliphatic heterocycles. The summed E-state index contributed by atoms with van der Waals surface area (Å²) in [4.78, 5) is 12.3. The minimum absolute atomic E-state index is 0.124. The van der Waals surface area contributed by atoms with E-state index in [-0.39, 0.29) is 5.82 Å². The minimum Gasteiger partial charge on any atom is -0.358 e. The van der Waals surface area contributed by atoms with Crippen molar-refractivity contribution in [2.45, 2.75) is 0 Å². The molecule has 2 rings (SSSR count). The Hall–Kier alpha value is -1.91. The highest BCUT2D eigenvalue weighted by Crippen LogP contribution is 2.20. The Morgan fingerprint density at radius 2 is 2.15 bits per heavy atom. The van der Waals surface area contributed by atoms with E-state index in [1.54, 1.807) is 0 Å². The molecule has 2 aromatic rings. The van der Waals surface area contributed by atoms with Crippen LogP contribution >= 0.6 is 0 Å². The number of aromatic amines is 1. The molecule has 1 aromatic carbocycles. The number of aromatic nitrogens is 1. The molecule has 0 aliphatic rings. The number of nitrogens with one attached hydrogen (secondary N) is 1. The van der Waals surface area contributed by atoms with Gasteiger partial charge in [0, 0.05) is 11.5 Å². The lowest BCUT2D eigenvalue weighted by molar-refractivity contribution is -0.389. The molecule has 0 fully saturated rings. The zero-order chi connectivity index (χ0) is 9.42. The van der Waals surface area contributed by atoms with E-state index in [9.17, 15) is 14.5 Å². The van der Waals surface area contributed by atoms with Crippen molar-refractivity contribution in [3.63, 3.8) is 0 Å². The number of rotatable bonds is 1. The monoisotopic (exact) mass is 180 g/mol. The molecular formula is C8H5FN2O2. The Labute approximate surface area is 72.1 Å². The zero-order valence-electron chi connectivity index (χ0n) is 6.45. The van der Waals surface area contributed by atoms with Gasteiger partial charge in [0.05, 0.1) is 0 Å². The lowest BCUT2D eigenvalue weighted by Crippen LogP contribution is -1.85. The number of hydrogen-bond donors (Lipinski definition) is 1. The summed E-state index contributed by atoms with van der Waals surface area (Å²) in [6, 6.07) is 5.28. The van der Waals surface area contributed by atoms with Gasteiger partial charge in [-0.15, -0.1) is 0 Å². The second kappa shape index (κ2) is 2.55. The lowest BCUT2D eigenvalue weighted by atomic mass is 10.2. The molecule has 0 saturated carbocycles. The first-order valence-corrected chi connectivity index (χ1v) is 3.59. The maximum atomic E-state index is 12.7. The molecule has 0 atom stereocenters. The van der Waals surface area contributed by atoms with Crippen LogP contribution in [0.15, 0.2) is 24.3 Å². The molecule has 0 saturated heterocycles. The van der Waals surface area contributed by atoms with E-state index >= 15 is 0 Å². The Morgan fingerprint density at radius 1 is 1.38 bits per heavy atom. The quantitative estimate of drug-likeness (QED) is 0.540. The van der Waals surface area contributed by atoms with Crippen LogP contribution < -0.4 is 0 Å². The maximum Gasteiger partial charge on any atom is 0.321 e. The van der Waals surface area contributed by atoms with Crippen LogP contribution in [0.5, 0.6) is 0 Å². The second-order valence-corrected chi connectivity index (χ2v) is 2.64. The molecule has 13 heavy (non-hydrogen) atoms. The van der Waals surface area contributed by atoms with E-state index in [2.05, 4.69) is 4.98 Å². The van der Waals surface area contributed by atoms with Gasteiger partial charge in [0.25, 0.3) is 0 Å². The van der Waals surface area contributed by atoms with Gasteiger partial charge < -0.3 is 10.1 Å². The highest BCUT2D eigenvalue weighted by atomic mass is 19.1. The Balaban J connectivity index is 2.68. The van der Waals surface area contributed by atoms with Gasteiger partial charge in [-0.05, 0) is 23.1 Å². The van der Waals surface area contributed by atoms with Crippen LogP contribution in [0, 0.1) is 15.9 Å². The number of nitro groups is 1. The second-order valence-electron chi connectivity index (χ2n) is 2.64. The molecule has 0 aliphatic carbocycles. The summed E-state index contributed by atoms with van der Waals surface area (Å²) in [7, 11) is 0. The predicted octanol–water partition coefficient (Wildman–Crippen LogP) is 2.22. The van der Waals surface area contributed by atoms with Crippen molar-refractivity contribution in [2.75, 3.05) is 0 Å². The molecule has 0 spiro atoms. The van der Waals surface area contributed by atoms with Crippen LogP contribution in [-0.2, 0) is 0 Å². The number of fused-ring (bicyclic) bond motifs is 1. The molecule has 0 amide bonds. The van der Waals surface area contributed by atoms with Crippen molar-refractivity contribution in [1.29, 1.82) is 0 Å². The molecular weight excluding hydrogens is 175 g/mol. The molecule has 5 heteroatoms. The minimum atomic E-state index is -0.544. The molecule has 1 heterocycles. The molecule has 1 N–H and O–H groups in total. The van der Waals surface area contributed by atoms with Gasteiger partial charge in [0.2, 0.25) is 0 Å². The fourth-order valence-electron chi connectivity index (χ4n) is 1.19. The molecule has 0 radical (unpaired) electrons. The van der Waals surface area contributed by atoms with Gasteiger partial charge in [-0.2, -0.15) is 0 Å². The van der Waals surface area contributed by atoms with Crippen molar-refractivity contribution >= 4 is 16.7 Å². The summed E-state index contributed by atoms with van der Waals surface area (Å²) >= 11 is 0. The normalized spacial score (nSPS) is 10.5. The average molecular weight is 180 g/mol. The van der Waals surface area contributed by atoms with E-state index in [4.69, 9.17) is 0 Å². The SMILES string of the molecule is O=[N+]([O-])c1cc2cc(F)ccc2[nH]1. The van der Waals surface area contributed by atoms with Gasteiger partial charge in [-0.1, -0.05) is 0 Å². The van der Waals surface area contributed by atoms with Crippen LogP contribution in [-0.4, -0.2) is 9.91 Å². The summed E-state index contributed by atoms with van der Waals surface area (Å²) in [6.07, 6.45) is 0. The third kappa shape index (κ3) is 1.24. The van der Waals surface area contributed by atoms with Gasteiger partial charge in [-0.25, -0.2) is 9.37 Å². The smallest absolute Gasteiger partial charge is 0.321 e. The van der Waals surface area contributed by atoms with Crippen LogP contribution in [0.25, 0.3) is 10.9 Å². The number of hydrogen-bond acceptors (Lipinski definition) is 2. The predicted molar refractivity (Wildman–Crippen MR) is 44.9 cm³/mol. The maximum absolute atomic E-state index is 12.7. The first-order chi connectivity index (χ1) is 6.16. The van der Waals surface area contributed by atoms with Crippen LogP contribution in [0.1, 0.15) is 0 Å². The molecule has 0 unspecified atom stereocenters. The van der Waals surface area contributed by atoms with E-state index in [1.807, 2.05) is 0 Å². The molecule has 4 nitrogen and oxygen atoms in total. The van der Waals surface area contributed by atoms with Crippen molar-refractivity contribution in [3.8, 4) is 0 Å². The summed E-state index contributed by atoms with van der Waals surface area (Å²) in [5, 5.41) is 10.8. The number of halogens is 1. The van der Waals surface area contributed by atoms with E-state index in [0.29, 0.717) is 10.9 Å². The average Bonchev–Trinajstić information content (AvgIpc) is 2.46. The highest BCUT2D eigenvalue weighted by molar-refractivity contribution is 5.82. The summed E-state index contributed by atoms with van der Waals surface area (Å²) < 4.78 is 12.7. The standard InChI is InChI=1S/C8H5FN2O2/c9-6-1-2-7-5(3-6)4-8(10-7)11(12)13/h1-4,10H. The Morgan fingerprint density at radius 3 is 2.85 bits per heavy atom. The number of H-pyrrole nitrogens is 1. The Kier molecular flexibility index (Phi) is 1.51. The lowest BCUT2D eigenvalue weighted by Gasteiger charge is -1.85. The van der Waals surface area contributed by atoms with Gasteiger partial charge in [0.1, 0.15) is 11.3 Å². The summed E-state index contributed by atoms with van der Waals surface area (Å²) in [6.45, 7) is 0. The van der Waals surface area contributed by atoms with Gasteiger partial charge in [0.15, 0.2) is 0 Å². The highest BCUT2D eigenvalue weighted by Gasteiger charge is 2.09. The number of nitrogens with zero attached hydrogens (tertiary/aromatic N) is 1. The third-order valence-electron chi connectivity index (χ3n) is 1.77. The Bertz CT molecular complexity index is 478. The van der Waals surface area contributed by atoms with Crippen molar-refractivity contribution in [3.05, 3.63) is 40.2 Å². The van der Waals surface area contributed by atoms with E-state index < -0.39 is 10.7 Å². The molecule has 66 valence electrons. The summed E-state index contributed by atoms with van der Waals surface area (Å²) in [5.41, 5.74) is 0.563. The fourth-order valence-corrected chi connectivity index (χ4v) is 1.19. The van der Waals surface area contributed by atoms with Crippen molar-refractivity contribution in [1.82, 2.24) is 4.98 Å². The topological polar surface area (TPSA) is 58.9 Å². The van der Waals surface area contributed by atoms with E-state index in [0.717, 1.165) is 0 Å². The third-order valence-corrected chi connectivity index (χ3v) is 1.77. The first kappa shape index (κ1) is 7.72. The molecule has 0 bridgehead atoms. The zero-order valence-corrected chi connectivity index (χ0v) is 6.45. The largest absolute Gasteiger partial charge is 0.358 e. The first-order valence-electron chi connectivity index (χ1n) is 3.59. The summed E-state index contributed by atoms with van der Waals surface area (Å²) in [5.74, 6) is -0.526. The van der Waals surface area contributed by atoms with Crippen LogP contribution in [0.4, 0.5) is 10.2 Å². The van der Waals surface area contributed by atoms with Crippen molar-refractivity contribution < 1.29 is 9.31 Å². The molecule has 1 aromatic heterocycles.